The summed E-state index contributed by atoms with van der Waals surface area (Å²) in [5.74, 6) is -0.614. The molecule has 0 spiro atoms. The SMILES string of the molecule is CCCCOC(=O)CN(c1ccc2[nH]ccc2c1)S(=O)(=O)c1cc(Cl)cc(Br)c1. The third kappa shape index (κ3) is 5.12. The number of carbonyl (C=O) groups excluding carboxylic acids is 1. The lowest BCUT2D eigenvalue weighted by Crippen LogP contribution is -2.36. The number of hydrogen-bond donors (Lipinski definition) is 1. The Balaban J connectivity index is 2.02. The summed E-state index contributed by atoms with van der Waals surface area (Å²) in [7, 11) is -4.07. The zero-order chi connectivity index (χ0) is 21.0. The molecule has 0 saturated heterocycles. The van der Waals surface area contributed by atoms with E-state index in [1.165, 1.54) is 12.1 Å². The number of anilines is 1. The number of benzene rings is 2. The Kier molecular flexibility index (Phi) is 6.87. The number of carbonyl (C=O) groups is 1. The first-order valence-corrected chi connectivity index (χ1v) is 11.6. The van der Waals surface area contributed by atoms with E-state index in [4.69, 9.17) is 16.3 Å². The van der Waals surface area contributed by atoms with Crippen molar-refractivity contribution in [2.75, 3.05) is 17.5 Å². The summed E-state index contributed by atoms with van der Waals surface area (Å²) in [5.41, 5.74) is 1.22. The van der Waals surface area contributed by atoms with E-state index in [-0.39, 0.29) is 16.5 Å². The lowest BCUT2D eigenvalue weighted by molar-refractivity contribution is -0.141. The highest BCUT2D eigenvalue weighted by atomic mass is 79.9. The van der Waals surface area contributed by atoms with Gasteiger partial charge in [-0.3, -0.25) is 9.10 Å². The predicted molar refractivity (Wildman–Crippen MR) is 118 cm³/mol. The van der Waals surface area contributed by atoms with Crippen LogP contribution in [0.25, 0.3) is 10.9 Å². The van der Waals surface area contributed by atoms with Crippen LogP contribution in [-0.2, 0) is 19.6 Å². The number of esters is 1. The molecule has 29 heavy (non-hydrogen) atoms. The third-order valence-corrected chi connectivity index (χ3v) is 6.71. The molecule has 1 aromatic heterocycles. The normalized spacial score (nSPS) is 11.6. The monoisotopic (exact) mass is 498 g/mol. The van der Waals surface area contributed by atoms with Crippen molar-refractivity contribution in [3.05, 3.63) is 58.2 Å². The second-order valence-corrected chi connectivity index (χ2v) is 9.65. The average molecular weight is 500 g/mol. The van der Waals surface area contributed by atoms with E-state index in [0.717, 1.165) is 28.0 Å². The second-order valence-electron chi connectivity index (χ2n) is 6.44. The zero-order valence-corrected chi connectivity index (χ0v) is 18.9. The van der Waals surface area contributed by atoms with Crippen LogP contribution in [0.1, 0.15) is 19.8 Å². The molecule has 0 bridgehead atoms. The van der Waals surface area contributed by atoms with Gasteiger partial charge in [0.2, 0.25) is 0 Å². The van der Waals surface area contributed by atoms with Gasteiger partial charge in [-0.2, -0.15) is 0 Å². The number of rotatable bonds is 8. The fourth-order valence-electron chi connectivity index (χ4n) is 2.81. The Labute approximate surface area is 183 Å². The summed E-state index contributed by atoms with van der Waals surface area (Å²) in [4.78, 5) is 15.4. The minimum Gasteiger partial charge on any atom is -0.464 e. The molecule has 0 aliphatic rings. The van der Waals surface area contributed by atoms with Crippen LogP contribution < -0.4 is 4.31 Å². The highest BCUT2D eigenvalue weighted by Crippen LogP contribution is 2.30. The van der Waals surface area contributed by atoms with E-state index in [1.807, 2.05) is 13.0 Å². The summed E-state index contributed by atoms with van der Waals surface area (Å²) in [6, 6.07) is 11.4. The topological polar surface area (TPSA) is 79.5 Å². The molecular formula is C20H20BrClN2O4S. The molecule has 0 atom stereocenters. The summed E-state index contributed by atoms with van der Waals surface area (Å²) < 4.78 is 33.6. The van der Waals surface area contributed by atoms with Crippen LogP contribution in [0.3, 0.4) is 0 Å². The van der Waals surface area contributed by atoms with Crippen LogP contribution >= 0.6 is 27.5 Å². The molecule has 0 unspecified atom stereocenters. The Bertz CT molecular complexity index is 1110. The van der Waals surface area contributed by atoms with Gasteiger partial charge in [0.25, 0.3) is 10.0 Å². The molecule has 1 heterocycles. The van der Waals surface area contributed by atoms with Gasteiger partial charge in [0.05, 0.1) is 17.2 Å². The van der Waals surface area contributed by atoms with Crippen molar-refractivity contribution < 1.29 is 17.9 Å². The van der Waals surface area contributed by atoms with Crippen LogP contribution in [0.4, 0.5) is 5.69 Å². The van der Waals surface area contributed by atoms with Gasteiger partial charge < -0.3 is 9.72 Å². The number of aromatic amines is 1. The van der Waals surface area contributed by atoms with Crippen molar-refractivity contribution in [1.82, 2.24) is 4.98 Å². The van der Waals surface area contributed by atoms with Crippen LogP contribution in [0, 0.1) is 0 Å². The number of sulfonamides is 1. The van der Waals surface area contributed by atoms with Gasteiger partial charge in [-0.1, -0.05) is 40.9 Å². The molecule has 3 aromatic rings. The lowest BCUT2D eigenvalue weighted by Gasteiger charge is -2.24. The number of ether oxygens (including phenoxy) is 1. The van der Waals surface area contributed by atoms with Crippen LogP contribution in [-0.4, -0.2) is 32.5 Å². The fourth-order valence-corrected chi connectivity index (χ4v) is 5.36. The molecule has 0 aliphatic carbocycles. The van der Waals surface area contributed by atoms with Crippen molar-refractivity contribution in [1.29, 1.82) is 0 Å². The number of aromatic nitrogens is 1. The van der Waals surface area contributed by atoms with Gasteiger partial charge >= 0.3 is 5.97 Å². The van der Waals surface area contributed by atoms with Crippen molar-refractivity contribution in [3.8, 4) is 0 Å². The van der Waals surface area contributed by atoms with Gasteiger partial charge in [-0.25, -0.2) is 8.42 Å². The minimum absolute atomic E-state index is 0.0209. The van der Waals surface area contributed by atoms with Crippen molar-refractivity contribution in [2.45, 2.75) is 24.7 Å². The zero-order valence-electron chi connectivity index (χ0n) is 15.7. The summed E-state index contributed by atoms with van der Waals surface area (Å²) >= 11 is 9.32. The highest BCUT2D eigenvalue weighted by molar-refractivity contribution is 9.10. The number of halogens is 2. The van der Waals surface area contributed by atoms with Crippen LogP contribution in [0.15, 0.2) is 58.0 Å². The number of hydrogen-bond acceptors (Lipinski definition) is 4. The van der Waals surface area contributed by atoms with E-state index in [1.54, 1.807) is 30.5 Å². The van der Waals surface area contributed by atoms with Gasteiger partial charge in [0.1, 0.15) is 6.54 Å². The van der Waals surface area contributed by atoms with Crippen LogP contribution in [0.2, 0.25) is 5.02 Å². The van der Waals surface area contributed by atoms with E-state index in [9.17, 15) is 13.2 Å². The Morgan fingerprint density at radius 3 is 2.72 bits per heavy atom. The molecule has 0 radical (unpaired) electrons. The molecule has 0 fully saturated rings. The molecule has 154 valence electrons. The van der Waals surface area contributed by atoms with E-state index < -0.39 is 22.5 Å². The first kappa shape index (κ1) is 21.7. The maximum atomic E-state index is 13.4. The lowest BCUT2D eigenvalue weighted by atomic mass is 10.2. The average Bonchev–Trinajstić information content (AvgIpc) is 3.13. The van der Waals surface area contributed by atoms with Gasteiger partial charge in [0, 0.05) is 26.6 Å². The Morgan fingerprint density at radius 2 is 2.00 bits per heavy atom. The van der Waals surface area contributed by atoms with E-state index in [0.29, 0.717) is 10.2 Å². The maximum Gasteiger partial charge on any atom is 0.326 e. The number of nitrogens with zero attached hydrogens (tertiary/aromatic N) is 1. The molecular weight excluding hydrogens is 480 g/mol. The third-order valence-electron chi connectivity index (χ3n) is 4.28. The number of H-pyrrole nitrogens is 1. The first-order valence-electron chi connectivity index (χ1n) is 9.03. The summed E-state index contributed by atoms with van der Waals surface area (Å²) in [6.07, 6.45) is 3.35. The molecule has 2 aromatic carbocycles. The van der Waals surface area contributed by atoms with E-state index >= 15 is 0 Å². The molecule has 0 amide bonds. The number of fused-ring (bicyclic) bond motifs is 1. The minimum atomic E-state index is -4.07. The molecule has 9 heteroatoms. The van der Waals surface area contributed by atoms with Crippen molar-refractivity contribution >= 4 is 60.1 Å². The molecule has 3 rings (SSSR count). The van der Waals surface area contributed by atoms with Crippen LogP contribution in [0.5, 0.6) is 0 Å². The quantitative estimate of drug-likeness (QED) is 0.344. The maximum absolute atomic E-state index is 13.4. The molecule has 0 saturated carbocycles. The molecule has 6 nitrogen and oxygen atoms in total. The predicted octanol–water partition coefficient (Wildman–Crippen LogP) is 5.12. The van der Waals surface area contributed by atoms with Gasteiger partial charge in [-0.05, 0) is 48.9 Å². The largest absolute Gasteiger partial charge is 0.464 e. The van der Waals surface area contributed by atoms with Gasteiger partial charge in [0.15, 0.2) is 0 Å². The fraction of sp³-hybridized carbons (Fsp3) is 0.250. The smallest absolute Gasteiger partial charge is 0.326 e. The Morgan fingerprint density at radius 1 is 1.21 bits per heavy atom. The standard InChI is InChI=1S/C20H20BrClN2O4S/c1-2-3-8-28-20(25)13-24(17-4-5-19-14(9-17)6-7-23-19)29(26,27)18-11-15(21)10-16(22)12-18/h4-7,9-12,23H,2-3,8,13H2,1H3. The Hall–Kier alpha value is -2.03. The van der Waals surface area contributed by atoms with Crippen molar-refractivity contribution in [3.63, 3.8) is 0 Å². The van der Waals surface area contributed by atoms with Crippen molar-refractivity contribution in [2.24, 2.45) is 0 Å². The van der Waals surface area contributed by atoms with Gasteiger partial charge in [-0.15, -0.1) is 0 Å². The molecule has 0 aliphatic heterocycles. The summed E-state index contributed by atoms with van der Waals surface area (Å²) in [6.45, 7) is 1.79. The first-order chi connectivity index (χ1) is 13.8. The molecule has 1 N–H and O–H groups in total. The van der Waals surface area contributed by atoms with E-state index in [2.05, 4.69) is 20.9 Å². The highest BCUT2D eigenvalue weighted by Gasteiger charge is 2.28. The summed E-state index contributed by atoms with van der Waals surface area (Å²) in [5, 5.41) is 1.10. The second kappa shape index (κ2) is 9.19. The number of unbranched alkanes of at least 4 members (excludes halogenated alkanes) is 1. The number of nitrogens with one attached hydrogen (secondary N) is 1.